The summed E-state index contributed by atoms with van der Waals surface area (Å²) in [7, 11) is 1.31. The molecule has 148 valence electrons. The average Bonchev–Trinajstić information content (AvgIpc) is 2.65. The van der Waals surface area contributed by atoms with Gasteiger partial charge in [0, 0.05) is 22.5 Å². The molecule has 0 aliphatic rings. The topological polar surface area (TPSA) is 96.5 Å². The third-order valence-corrected chi connectivity index (χ3v) is 3.66. The lowest BCUT2D eigenvalue weighted by Gasteiger charge is -2.20. The molecule has 0 aromatic heterocycles. The first-order chi connectivity index (χ1) is 13.2. The third kappa shape index (κ3) is 6.42. The molecule has 0 heterocycles. The number of hydrogen-bond donors (Lipinski definition) is 3. The molecule has 0 spiro atoms. The largest absolute Gasteiger partial charge is 0.465 e. The molecule has 28 heavy (non-hydrogen) atoms. The van der Waals surface area contributed by atoms with Crippen LogP contribution in [0.2, 0.25) is 0 Å². The maximum atomic E-state index is 12.2. The van der Waals surface area contributed by atoms with Crippen LogP contribution in [0.3, 0.4) is 0 Å². The lowest BCUT2D eigenvalue weighted by Crippen LogP contribution is -2.40. The number of carbonyl (C=O) groups is 3. The standard InChI is InChI=1S/C21H25N3O4/c1-21(2,3)24-19(26)15-6-5-7-17(12-15)22-13-18(25)23-16-10-8-14(9-11-16)20(27)28-4/h5-12,22H,13H2,1-4H3,(H,23,25)(H,24,26). The van der Waals surface area contributed by atoms with Crippen LogP contribution in [0.15, 0.2) is 48.5 Å². The van der Waals surface area contributed by atoms with Crippen molar-refractivity contribution >= 4 is 29.2 Å². The predicted molar refractivity (Wildman–Crippen MR) is 109 cm³/mol. The number of methoxy groups -OCH3 is 1. The van der Waals surface area contributed by atoms with E-state index in [-0.39, 0.29) is 23.9 Å². The number of hydrogen-bond acceptors (Lipinski definition) is 5. The van der Waals surface area contributed by atoms with Gasteiger partial charge in [0.05, 0.1) is 19.2 Å². The quantitative estimate of drug-likeness (QED) is 0.666. The number of nitrogens with one attached hydrogen (secondary N) is 3. The van der Waals surface area contributed by atoms with Gasteiger partial charge in [0.15, 0.2) is 0 Å². The fourth-order valence-electron chi connectivity index (χ4n) is 2.38. The first-order valence-corrected chi connectivity index (χ1v) is 8.82. The Morgan fingerprint density at radius 2 is 1.61 bits per heavy atom. The summed E-state index contributed by atoms with van der Waals surface area (Å²) >= 11 is 0. The maximum Gasteiger partial charge on any atom is 0.337 e. The van der Waals surface area contributed by atoms with Crippen molar-refractivity contribution in [3.05, 3.63) is 59.7 Å². The zero-order valence-electron chi connectivity index (χ0n) is 16.5. The summed E-state index contributed by atoms with van der Waals surface area (Å²) in [6.07, 6.45) is 0. The van der Waals surface area contributed by atoms with Crippen LogP contribution in [-0.2, 0) is 9.53 Å². The SMILES string of the molecule is COC(=O)c1ccc(NC(=O)CNc2cccc(C(=O)NC(C)(C)C)c2)cc1. The molecule has 2 aromatic carbocycles. The van der Waals surface area contributed by atoms with Gasteiger partial charge in [-0.15, -0.1) is 0 Å². The molecule has 3 N–H and O–H groups in total. The number of ether oxygens (including phenoxy) is 1. The molecule has 0 saturated heterocycles. The molecule has 2 amide bonds. The summed E-state index contributed by atoms with van der Waals surface area (Å²) in [6, 6.07) is 13.4. The number of anilines is 2. The van der Waals surface area contributed by atoms with Crippen molar-refractivity contribution in [3.8, 4) is 0 Å². The van der Waals surface area contributed by atoms with Gasteiger partial charge in [-0.3, -0.25) is 9.59 Å². The molecule has 0 fully saturated rings. The second kappa shape index (κ2) is 9.03. The van der Waals surface area contributed by atoms with E-state index in [9.17, 15) is 14.4 Å². The van der Waals surface area contributed by atoms with Crippen LogP contribution in [0.4, 0.5) is 11.4 Å². The van der Waals surface area contributed by atoms with Crippen LogP contribution >= 0.6 is 0 Å². The van der Waals surface area contributed by atoms with Gasteiger partial charge in [0.25, 0.3) is 5.91 Å². The van der Waals surface area contributed by atoms with Gasteiger partial charge in [-0.05, 0) is 63.2 Å². The van der Waals surface area contributed by atoms with E-state index < -0.39 is 5.97 Å². The summed E-state index contributed by atoms with van der Waals surface area (Å²) in [4.78, 5) is 35.8. The summed E-state index contributed by atoms with van der Waals surface area (Å²) in [5.74, 6) is -0.864. The van der Waals surface area contributed by atoms with E-state index in [1.165, 1.54) is 7.11 Å². The summed E-state index contributed by atoms with van der Waals surface area (Å²) in [5, 5.41) is 8.63. The number of amides is 2. The van der Waals surface area contributed by atoms with E-state index in [4.69, 9.17) is 0 Å². The fourth-order valence-corrected chi connectivity index (χ4v) is 2.38. The number of esters is 1. The highest BCUT2D eigenvalue weighted by molar-refractivity contribution is 5.97. The molecule has 2 rings (SSSR count). The van der Waals surface area contributed by atoms with Crippen molar-refractivity contribution in [2.24, 2.45) is 0 Å². The molecular weight excluding hydrogens is 358 g/mol. The highest BCUT2D eigenvalue weighted by Gasteiger charge is 2.15. The van der Waals surface area contributed by atoms with Gasteiger partial charge in [-0.25, -0.2) is 4.79 Å². The van der Waals surface area contributed by atoms with Crippen molar-refractivity contribution in [3.63, 3.8) is 0 Å². The minimum atomic E-state index is -0.435. The molecule has 0 aliphatic heterocycles. The Morgan fingerprint density at radius 1 is 0.929 bits per heavy atom. The normalized spacial score (nSPS) is 10.7. The zero-order valence-corrected chi connectivity index (χ0v) is 16.5. The number of carbonyl (C=O) groups excluding carboxylic acids is 3. The molecule has 0 atom stereocenters. The smallest absolute Gasteiger partial charge is 0.337 e. The van der Waals surface area contributed by atoms with Crippen molar-refractivity contribution in [1.82, 2.24) is 5.32 Å². The van der Waals surface area contributed by atoms with Gasteiger partial charge in [-0.1, -0.05) is 6.07 Å². The van der Waals surface area contributed by atoms with E-state index in [1.807, 2.05) is 20.8 Å². The Kier molecular flexibility index (Phi) is 6.76. The highest BCUT2D eigenvalue weighted by Crippen LogP contribution is 2.13. The van der Waals surface area contributed by atoms with Crippen LogP contribution in [-0.4, -0.2) is 37.0 Å². The average molecular weight is 383 g/mol. The molecule has 0 radical (unpaired) electrons. The first-order valence-electron chi connectivity index (χ1n) is 8.82. The van der Waals surface area contributed by atoms with E-state index >= 15 is 0 Å². The number of benzene rings is 2. The summed E-state index contributed by atoms with van der Waals surface area (Å²) < 4.78 is 4.63. The van der Waals surface area contributed by atoms with Gasteiger partial charge < -0.3 is 20.7 Å². The Morgan fingerprint density at radius 3 is 2.21 bits per heavy atom. The second-order valence-electron chi connectivity index (χ2n) is 7.26. The Hall–Kier alpha value is -3.35. The van der Waals surface area contributed by atoms with Gasteiger partial charge >= 0.3 is 5.97 Å². The van der Waals surface area contributed by atoms with Crippen LogP contribution in [0.5, 0.6) is 0 Å². The van der Waals surface area contributed by atoms with Gasteiger partial charge in [-0.2, -0.15) is 0 Å². The van der Waals surface area contributed by atoms with Crippen molar-refractivity contribution in [2.75, 3.05) is 24.3 Å². The van der Waals surface area contributed by atoms with Crippen LogP contribution < -0.4 is 16.0 Å². The van der Waals surface area contributed by atoms with Crippen LogP contribution in [0.25, 0.3) is 0 Å². The first kappa shape index (κ1) is 21.0. The van der Waals surface area contributed by atoms with Gasteiger partial charge in [0.2, 0.25) is 5.91 Å². The lowest BCUT2D eigenvalue weighted by molar-refractivity contribution is -0.114. The summed E-state index contributed by atoms with van der Waals surface area (Å²) in [6.45, 7) is 5.77. The molecule has 0 bridgehead atoms. The molecule has 0 aliphatic carbocycles. The molecule has 0 unspecified atom stereocenters. The number of rotatable bonds is 6. The minimum absolute atomic E-state index is 0.0308. The van der Waals surface area contributed by atoms with E-state index in [2.05, 4.69) is 20.7 Å². The Labute approximate surface area is 164 Å². The molecule has 0 saturated carbocycles. The van der Waals surface area contributed by atoms with Crippen LogP contribution in [0.1, 0.15) is 41.5 Å². The van der Waals surface area contributed by atoms with Crippen molar-refractivity contribution in [1.29, 1.82) is 0 Å². The maximum absolute atomic E-state index is 12.2. The molecule has 7 nitrogen and oxygen atoms in total. The lowest BCUT2D eigenvalue weighted by atomic mass is 10.1. The predicted octanol–water partition coefficient (Wildman–Crippen LogP) is 3.05. The zero-order chi connectivity index (χ0) is 20.7. The van der Waals surface area contributed by atoms with Crippen molar-refractivity contribution in [2.45, 2.75) is 26.3 Å². The van der Waals surface area contributed by atoms with Gasteiger partial charge in [0.1, 0.15) is 0 Å². The molecular formula is C21H25N3O4. The highest BCUT2D eigenvalue weighted by atomic mass is 16.5. The minimum Gasteiger partial charge on any atom is -0.465 e. The van der Waals surface area contributed by atoms with E-state index in [0.29, 0.717) is 22.5 Å². The molecule has 2 aromatic rings. The third-order valence-electron chi connectivity index (χ3n) is 3.66. The van der Waals surface area contributed by atoms with Crippen LogP contribution in [0, 0.1) is 0 Å². The fraction of sp³-hybridized carbons (Fsp3) is 0.286. The van der Waals surface area contributed by atoms with Crippen molar-refractivity contribution < 1.29 is 19.1 Å². The monoisotopic (exact) mass is 383 g/mol. The Bertz CT molecular complexity index is 855. The Balaban J connectivity index is 1.91. The molecule has 7 heteroatoms. The summed E-state index contributed by atoms with van der Waals surface area (Å²) in [5.41, 5.74) is 1.82. The van der Waals surface area contributed by atoms with E-state index in [0.717, 1.165) is 0 Å². The second-order valence-corrected chi connectivity index (χ2v) is 7.26. The van der Waals surface area contributed by atoms with E-state index in [1.54, 1.807) is 48.5 Å².